The van der Waals surface area contributed by atoms with Gasteiger partial charge in [-0.25, -0.2) is 4.79 Å². The summed E-state index contributed by atoms with van der Waals surface area (Å²) in [4.78, 5) is 13.6. The zero-order valence-electron chi connectivity index (χ0n) is 20.9. The zero-order valence-corrected chi connectivity index (χ0v) is 20.9. The lowest BCUT2D eigenvalue weighted by atomic mass is 9.77. The fourth-order valence-corrected chi connectivity index (χ4v) is 3.66. The average Bonchev–Trinajstić information content (AvgIpc) is 3.25. The first-order chi connectivity index (χ1) is 16.8. The Balaban J connectivity index is 1.59. The first-order valence-electron chi connectivity index (χ1n) is 11.8. The van der Waals surface area contributed by atoms with Crippen LogP contribution >= 0.6 is 0 Å². The third-order valence-corrected chi connectivity index (χ3v) is 5.50. The van der Waals surface area contributed by atoms with E-state index < -0.39 is 5.97 Å². The SMILES string of the molecule is COCCOCCOCCOC(=O)C=CC1C=C(n2nc3ccccc3n2)C(O)=C(C(C)(C)C)C1. The fourth-order valence-electron chi connectivity index (χ4n) is 3.66. The van der Waals surface area contributed by atoms with Gasteiger partial charge in [-0.2, -0.15) is 0 Å². The number of esters is 1. The van der Waals surface area contributed by atoms with Crippen LogP contribution in [0.25, 0.3) is 16.7 Å². The number of aromatic nitrogens is 3. The minimum Gasteiger partial charge on any atom is -0.506 e. The first-order valence-corrected chi connectivity index (χ1v) is 11.8. The predicted molar refractivity (Wildman–Crippen MR) is 133 cm³/mol. The summed E-state index contributed by atoms with van der Waals surface area (Å²) in [5, 5.41) is 20.1. The second-order valence-electron chi connectivity index (χ2n) is 9.22. The molecule has 1 unspecified atom stereocenters. The zero-order chi connectivity index (χ0) is 25.3. The third kappa shape index (κ3) is 7.74. The largest absolute Gasteiger partial charge is 0.506 e. The summed E-state index contributed by atoms with van der Waals surface area (Å²) in [5.74, 6) is -0.399. The quantitative estimate of drug-likeness (QED) is 0.274. The highest BCUT2D eigenvalue weighted by Gasteiger charge is 2.30. The number of aliphatic hydroxyl groups excluding tert-OH is 1. The normalized spacial score (nSPS) is 16.8. The molecule has 9 nitrogen and oxygen atoms in total. The number of allylic oxidation sites excluding steroid dienone is 4. The van der Waals surface area contributed by atoms with Gasteiger partial charge in [-0.15, -0.1) is 15.0 Å². The summed E-state index contributed by atoms with van der Waals surface area (Å²) < 4.78 is 20.8. The van der Waals surface area contributed by atoms with E-state index in [1.165, 1.54) is 10.9 Å². The van der Waals surface area contributed by atoms with Gasteiger partial charge in [0.1, 0.15) is 29.1 Å². The first kappa shape index (κ1) is 26.6. The maximum Gasteiger partial charge on any atom is 0.330 e. The van der Waals surface area contributed by atoms with Crippen molar-refractivity contribution in [2.24, 2.45) is 11.3 Å². The van der Waals surface area contributed by atoms with Crippen molar-refractivity contribution >= 4 is 22.7 Å². The highest BCUT2D eigenvalue weighted by atomic mass is 16.6. The van der Waals surface area contributed by atoms with Gasteiger partial charge < -0.3 is 24.1 Å². The van der Waals surface area contributed by atoms with Gasteiger partial charge in [0.2, 0.25) is 0 Å². The number of rotatable bonds is 12. The molecule has 3 rings (SSSR count). The number of hydrogen-bond acceptors (Lipinski definition) is 8. The Hall–Kier alpha value is -3.01. The average molecular weight is 486 g/mol. The van der Waals surface area contributed by atoms with Crippen molar-refractivity contribution in [3.8, 4) is 0 Å². The molecule has 0 saturated carbocycles. The highest BCUT2D eigenvalue weighted by Crippen LogP contribution is 2.40. The van der Waals surface area contributed by atoms with Gasteiger partial charge in [0.25, 0.3) is 0 Å². The molecule has 35 heavy (non-hydrogen) atoms. The van der Waals surface area contributed by atoms with E-state index in [1.807, 2.05) is 51.1 Å². The van der Waals surface area contributed by atoms with Crippen molar-refractivity contribution in [3.05, 3.63) is 53.8 Å². The van der Waals surface area contributed by atoms with E-state index in [2.05, 4.69) is 10.2 Å². The minimum absolute atomic E-state index is 0.128. The Kier molecular flexibility index (Phi) is 9.59. The van der Waals surface area contributed by atoms with E-state index in [9.17, 15) is 9.90 Å². The number of fused-ring (bicyclic) bond motifs is 1. The molecule has 9 heteroatoms. The lowest BCUT2D eigenvalue weighted by Crippen LogP contribution is -2.21. The number of benzene rings is 1. The number of aliphatic hydroxyl groups is 1. The number of nitrogens with zero attached hydrogens (tertiary/aromatic N) is 3. The summed E-state index contributed by atoms with van der Waals surface area (Å²) in [7, 11) is 1.62. The van der Waals surface area contributed by atoms with Crippen LogP contribution in [0.15, 0.2) is 53.8 Å². The van der Waals surface area contributed by atoms with E-state index >= 15 is 0 Å². The van der Waals surface area contributed by atoms with Gasteiger partial charge in [-0.3, -0.25) is 0 Å². The summed E-state index contributed by atoms with van der Waals surface area (Å²) in [6.45, 7) is 8.55. The Morgan fingerprint density at radius 3 is 2.26 bits per heavy atom. The molecule has 0 amide bonds. The van der Waals surface area contributed by atoms with E-state index in [0.29, 0.717) is 45.2 Å². The van der Waals surface area contributed by atoms with Gasteiger partial charge in [0.15, 0.2) is 0 Å². The monoisotopic (exact) mass is 485 g/mol. The van der Waals surface area contributed by atoms with Gasteiger partial charge >= 0.3 is 5.97 Å². The molecule has 1 heterocycles. The molecule has 0 fully saturated rings. The molecule has 1 aliphatic rings. The summed E-state index contributed by atoms with van der Waals surface area (Å²) in [6, 6.07) is 7.54. The Labute approximate surface area is 206 Å². The summed E-state index contributed by atoms with van der Waals surface area (Å²) >= 11 is 0. The minimum atomic E-state index is -0.445. The molecule has 1 atom stereocenters. The van der Waals surface area contributed by atoms with Crippen LogP contribution in [0.1, 0.15) is 27.2 Å². The Morgan fingerprint density at radius 1 is 1.06 bits per heavy atom. The standard InChI is InChI=1S/C26H35N3O6/c1-26(2,3)20-17-19(9-10-24(30)35-16-15-34-14-13-33-12-11-32-4)18-23(25(20)31)29-27-21-7-5-6-8-22(21)28-29/h5-10,18-19,31H,11-17H2,1-4H3. The van der Waals surface area contributed by atoms with Gasteiger partial charge in [-0.1, -0.05) is 39.0 Å². The molecule has 1 aliphatic carbocycles. The van der Waals surface area contributed by atoms with Crippen LogP contribution in [0, 0.1) is 11.3 Å². The van der Waals surface area contributed by atoms with Gasteiger partial charge in [-0.05, 0) is 35.6 Å². The van der Waals surface area contributed by atoms with Crippen molar-refractivity contribution in [1.29, 1.82) is 0 Å². The fraction of sp³-hybridized carbons (Fsp3) is 0.500. The van der Waals surface area contributed by atoms with Gasteiger partial charge in [0, 0.05) is 19.1 Å². The number of carbonyl (C=O) groups is 1. The second kappa shape index (κ2) is 12.6. The van der Waals surface area contributed by atoms with Crippen LogP contribution in [0.5, 0.6) is 0 Å². The van der Waals surface area contributed by atoms with E-state index in [1.54, 1.807) is 13.2 Å². The maximum absolute atomic E-state index is 12.2. The Morgan fingerprint density at radius 2 is 1.66 bits per heavy atom. The molecule has 1 N–H and O–H groups in total. The van der Waals surface area contributed by atoms with E-state index in [4.69, 9.17) is 18.9 Å². The van der Waals surface area contributed by atoms with Crippen molar-refractivity contribution in [3.63, 3.8) is 0 Å². The molecule has 1 aromatic carbocycles. The third-order valence-electron chi connectivity index (χ3n) is 5.50. The molecule has 1 aromatic heterocycles. The molecule has 2 aromatic rings. The van der Waals surface area contributed by atoms with Crippen molar-refractivity contribution in [2.75, 3.05) is 46.8 Å². The summed E-state index contributed by atoms with van der Waals surface area (Å²) in [5.41, 5.74) is 2.59. The molecule has 0 bridgehead atoms. The molecule has 0 spiro atoms. The van der Waals surface area contributed by atoms with Crippen molar-refractivity contribution in [1.82, 2.24) is 15.0 Å². The lowest BCUT2D eigenvalue weighted by Gasteiger charge is -2.30. The van der Waals surface area contributed by atoms with Crippen LogP contribution in [-0.4, -0.2) is 72.8 Å². The summed E-state index contributed by atoms with van der Waals surface area (Å²) in [6.07, 6.45) is 5.66. The van der Waals surface area contributed by atoms with Crippen molar-refractivity contribution in [2.45, 2.75) is 27.2 Å². The van der Waals surface area contributed by atoms with E-state index in [0.717, 1.165) is 16.6 Å². The topological polar surface area (TPSA) is 105 Å². The smallest absolute Gasteiger partial charge is 0.330 e. The number of ether oxygens (including phenoxy) is 4. The second-order valence-corrected chi connectivity index (χ2v) is 9.22. The molecule has 190 valence electrons. The maximum atomic E-state index is 12.2. The molecular weight excluding hydrogens is 450 g/mol. The Bertz CT molecular complexity index is 1050. The molecule has 0 saturated heterocycles. The molecule has 0 aliphatic heterocycles. The van der Waals surface area contributed by atoms with Crippen molar-refractivity contribution < 1.29 is 28.8 Å². The van der Waals surface area contributed by atoms with Crippen LogP contribution < -0.4 is 0 Å². The lowest BCUT2D eigenvalue weighted by molar-refractivity contribution is -0.139. The molecular formula is C26H35N3O6. The highest BCUT2D eigenvalue weighted by molar-refractivity contribution is 5.82. The number of carbonyl (C=O) groups excluding carboxylic acids is 1. The van der Waals surface area contributed by atoms with Gasteiger partial charge in [0.05, 0.1) is 33.0 Å². The number of methoxy groups -OCH3 is 1. The van der Waals surface area contributed by atoms with E-state index in [-0.39, 0.29) is 23.7 Å². The van der Waals surface area contributed by atoms with Crippen LogP contribution in [0.4, 0.5) is 0 Å². The number of hydrogen-bond donors (Lipinski definition) is 1. The van der Waals surface area contributed by atoms with Crippen LogP contribution in [0.2, 0.25) is 0 Å². The van der Waals surface area contributed by atoms with Crippen LogP contribution in [-0.2, 0) is 23.7 Å². The molecule has 0 radical (unpaired) electrons. The van der Waals surface area contributed by atoms with Crippen LogP contribution in [0.3, 0.4) is 0 Å². The predicted octanol–water partition coefficient (Wildman–Crippen LogP) is 3.93.